The third kappa shape index (κ3) is 4.61. The van der Waals surface area contributed by atoms with Crippen LogP contribution in [0.4, 0.5) is 0 Å². The minimum atomic E-state index is -0.0766. The summed E-state index contributed by atoms with van der Waals surface area (Å²) in [5.74, 6) is 0.549. The summed E-state index contributed by atoms with van der Waals surface area (Å²) in [5, 5.41) is 7.56. The number of nitrogens with zero attached hydrogens (tertiary/aromatic N) is 6. The van der Waals surface area contributed by atoms with Crippen molar-refractivity contribution in [3.63, 3.8) is 0 Å². The fourth-order valence-electron chi connectivity index (χ4n) is 2.80. The number of hydrogen-bond acceptors (Lipinski definition) is 6. The molecule has 1 aliphatic rings. The number of pyridine rings is 1. The van der Waals surface area contributed by atoms with Crippen LogP contribution < -0.4 is 0 Å². The summed E-state index contributed by atoms with van der Waals surface area (Å²) in [6.07, 6.45) is 5.30. The fraction of sp³-hybridized carbons (Fsp3) is 0.529. The number of rotatable bonds is 7. The molecule has 1 amide bonds. The van der Waals surface area contributed by atoms with E-state index in [-0.39, 0.29) is 12.0 Å². The molecule has 0 aliphatic carbocycles. The number of aromatic nitrogens is 4. The average Bonchev–Trinajstić information content (AvgIpc) is 3.31. The maximum Gasteiger partial charge on any atom is 0.272 e. The minimum Gasteiger partial charge on any atom is -0.376 e. The van der Waals surface area contributed by atoms with Gasteiger partial charge in [0.2, 0.25) is 0 Å². The molecular weight excluding hydrogens is 320 g/mol. The zero-order valence-electron chi connectivity index (χ0n) is 14.7. The lowest BCUT2D eigenvalue weighted by Gasteiger charge is -2.26. The Bertz CT molecular complexity index is 682. The van der Waals surface area contributed by atoms with Crippen LogP contribution in [0.5, 0.6) is 0 Å². The van der Waals surface area contributed by atoms with Gasteiger partial charge < -0.3 is 14.5 Å². The normalized spacial score (nSPS) is 17.2. The van der Waals surface area contributed by atoms with Crippen LogP contribution >= 0.6 is 0 Å². The molecule has 1 atom stereocenters. The monoisotopic (exact) mass is 344 g/mol. The van der Waals surface area contributed by atoms with Crippen LogP contribution in [-0.2, 0) is 4.74 Å². The lowest BCUT2D eigenvalue weighted by atomic mass is 10.2. The number of hydrogen-bond donors (Lipinski definition) is 0. The van der Waals surface area contributed by atoms with E-state index < -0.39 is 0 Å². The molecule has 2 aromatic rings. The quantitative estimate of drug-likeness (QED) is 0.741. The first-order valence-electron chi connectivity index (χ1n) is 8.51. The van der Waals surface area contributed by atoms with Crippen molar-refractivity contribution in [2.24, 2.45) is 0 Å². The number of likely N-dealkylation sites (N-methyl/N-ethyl adjacent to an activating group) is 1. The topological polar surface area (TPSA) is 76.4 Å². The van der Waals surface area contributed by atoms with Gasteiger partial charge >= 0.3 is 0 Å². The highest BCUT2D eigenvalue weighted by Gasteiger charge is 2.24. The number of amides is 1. The van der Waals surface area contributed by atoms with Gasteiger partial charge in [0.05, 0.1) is 6.10 Å². The Labute approximate surface area is 147 Å². The molecule has 0 bridgehead atoms. The highest BCUT2D eigenvalue weighted by Crippen LogP contribution is 2.15. The molecule has 25 heavy (non-hydrogen) atoms. The summed E-state index contributed by atoms with van der Waals surface area (Å²) in [6, 6.07) is 5.39. The van der Waals surface area contributed by atoms with Gasteiger partial charge in [-0.1, -0.05) is 6.07 Å². The van der Waals surface area contributed by atoms with Gasteiger partial charge in [-0.05, 0) is 39.1 Å². The van der Waals surface area contributed by atoms with E-state index >= 15 is 0 Å². The van der Waals surface area contributed by atoms with Crippen LogP contribution in [-0.4, -0.2) is 81.9 Å². The van der Waals surface area contributed by atoms with Gasteiger partial charge in [0.25, 0.3) is 5.91 Å². The SMILES string of the molecule is CN(C)CCN(C[C@@H]1CCCO1)C(=O)c1cccc(-n2cnnc2)n1. The smallest absolute Gasteiger partial charge is 0.272 e. The Kier molecular flexibility index (Phi) is 5.72. The van der Waals surface area contributed by atoms with Gasteiger partial charge in [0.15, 0.2) is 0 Å². The molecule has 8 nitrogen and oxygen atoms in total. The van der Waals surface area contributed by atoms with Gasteiger partial charge in [-0.15, -0.1) is 10.2 Å². The third-order valence-corrected chi connectivity index (χ3v) is 4.19. The molecule has 0 spiro atoms. The Morgan fingerprint density at radius 3 is 2.76 bits per heavy atom. The molecule has 0 radical (unpaired) electrons. The van der Waals surface area contributed by atoms with E-state index in [4.69, 9.17) is 4.74 Å². The van der Waals surface area contributed by atoms with E-state index in [2.05, 4.69) is 20.1 Å². The molecule has 1 saturated heterocycles. The second kappa shape index (κ2) is 8.17. The van der Waals surface area contributed by atoms with Gasteiger partial charge in [0, 0.05) is 26.2 Å². The highest BCUT2D eigenvalue weighted by molar-refractivity contribution is 5.92. The van der Waals surface area contributed by atoms with Crippen LogP contribution in [0.25, 0.3) is 5.82 Å². The van der Waals surface area contributed by atoms with Crippen LogP contribution in [0, 0.1) is 0 Å². The van der Waals surface area contributed by atoms with E-state index in [1.54, 1.807) is 23.3 Å². The van der Waals surface area contributed by atoms with E-state index in [0.29, 0.717) is 24.6 Å². The first kappa shape index (κ1) is 17.5. The molecule has 0 N–H and O–H groups in total. The van der Waals surface area contributed by atoms with Crippen LogP contribution in [0.15, 0.2) is 30.9 Å². The summed E-state index contributed by atoms with van der Waals surface area (Å²) >= 11 is 0. The van der Waals surface area contributed by atoms with Gasteiger partial charge in [0.1, 0.15) is 24.2 Å². The molecule has 3 heterocycles. The van der Waals surface area contributed by atoms with Gasteiger partial charge in [-0.2, -0.15) is 0 Å². The predicted molar refractivity (Wildman–Crippen MR) is 92.6 cm³/mol. The fourth-order valence-corrected chi connectivity index (χ4v) is 2.80. The summed E-state index contributed by atoms with van der Waals surface area (Å²) in [6.45, 7) is 2.82. The van der Waals surface area contributed by atoms with E-state index in [1.165, 1.54) is 0 Å². The Morgan fingerprint density at radius 2 is 2.08 bits per heavy atom. The molecule has 0 unspecified atom stereocenters. The third-order valence-electron chi connectivity index (χ3n) is 4.19. The van der Waals surface area contributed by atoms with Crippen molar-refractivity contribution in [3.8, 4) is 5.82 Å². The van der Waals surface area contributed by atoms with Crippen molar-refractivity contribution in [1.29, 1.82) is 0 Å². The Morgan fingerprint density at radius 1 is 1.28 bits per heavy atom. The molecular formula is C17H24N6O2. The van der Waals surface area contributed by atoms with E-state index in [1.807, 2.05) is 31.1 Å². The summed E-state index contributed by atoms with van der Waals surface area (Å²) in [4.78, 5) is 21.4. The van der Waals surface area contributed by atoms with Crippen LogP contribution in [0.3, 0.4) is 0 Å². The molecule has 1 aliphatic heterocycles. The molecule has 134 valence electrons. The molecule has 1 fully saturated rings. The summed E-state index contributed by atoms with van der Waals surface area (Å²) < 4.78 is 7.39. The number of ether oxygens (including phenoxy) is 1. The minimum absolute atomic E-state index is 0.0766. The zero-order chi connectivity index (χ0) is 17.6. The highest BCUT2D eigenvalue weighted by atomic mass is 16.5. The predicted octanol–water partition coefficient (Wildman–Crippen LogP) is 0.845. The van der Waals surface area contributed by atoms with E-state index in [9.17, 15) is 4.79 Å². The largest absolute Gasteiger partial charge is 0.376 e. The average molecular weight is 344 g/mol. The maximum atomic E-state index is 13.0. The summed E-state index contributed by atoms with van der Waals surface area (Å²) in [5.41, 5.74) is 0.419. The molecule has 0 aromatic carbocycles. The van der Waals surface area contributed by atoms with E-state index in [0.717, 1.165) is 26.0 Å². The maximum absolute atomic E-state index is 13.0. The molecule has 2 aromatic heterocycles. The van der Waals surface area contributed by atoms with Crippen molar-refractivity contribution in [2.75, 3.05) is 40.3 Å². The standard InChI is InChI=1S/C17H24N6O2/c1-21(2)8-9-22(11-14-5-4-10-25-14)17(24)15-6-3-7-16(20-15)23-12-18-19-13-23/h3,6-7,12-14H,4-5,8-11H2,1-2H3/t14-/m0/s1. The molecule has 0 saturated carbocycles. The van der Waals surface area contributed by atoms with Gasteiger partial charge in [-0.3, -0.25) is 9.36 Å². The first-order valence-corrected chi connectivity index (χ1v) is 8.51. The lowest BCUT2D eigenvalue weighted by molar-refractivity contribution is 0.0508. The van der Waals surface area contributed by atoms with Gasteiger partial charge in [-0.25, -0.2) is 4.98 Å². The number of carbonyl (C=O) groups excluding carboxylic acids is 1. The summed E-state index contributed by atoms with van der Waals surface area (Å²) in [7, 11) is 4.00. The first-order chi connectivity index (χ1) is 12.1. The Balaban J connectivity index is 1.77. The van der Waals surface area contributed by atoms with Crippen molar-refractivity contribution in [2.45, 2.75) is 18.9 Å². The van der Waals surface area contributed by atoms with Crippen molar-refractivity contribution in [3.05, 3.63) is 36.5 Å². The molecule has 8 heteroatoms. The van der Waals surface area contributed by atoms with Crippen molar-refractivity contribution in [1.82, 2.24) is 29.5 Å². The van der Waals surface area contributed by atoms with Crippen molar-refractivity contribution >= 4 is 5.91 Å². The zero-order valence-corrected chi connectivity index (χ0v) is 14.7. The van der Waals surface area contributed by atoms with Crippen molar-refractivity contribution < 1.29 is 9.53 Å². The number of carbonyl (C=O) groups is 1. The Hall–Kier alpha value is -2.32. The van der Waals surface area contributed by atoms with Crippen LogP contribution in [0.2, 0.25) is 0 Å². The lowest BCUT2D eigenvalue weighted by Crippen LogP contribution is -2.41. The second-order valence-electron chi connectivity index (χ2n) is 6.44. The molecule has 3 rings (SSSR count). The second-order valence-corrected chi connectivity index (χ2v) is 6.44. The van der Waals surface area contributed by atoms with Crippen LogP contribution in [0.1, 0.15) is 23.3 Å².